The number of nitrogens with zero attached hydrogens (tertiary/aromatic N) is 1. The molecular weight excluding hydrogens is 274 g/mol. The quantitative estimate of drug-likeness (QED) is 0.595. The lowest BCUT2D eigenvalue weighted by Crippen LogP contribution is -2.32. The van der Waals surface area contributed by atoms with Crippen molar-refractivity contribution in [2.45, 2.75) is 25.3 Å². The molecule has 0 aromatic carbocycles. The standard InChI is InChI=1S/C15H20ClN3O/c16-13-8-15(10-19-9-13)20-11-14(17)5-7-18-6-1-2-12-3-4-12/h8-10,12,14,18H,3-7,11,17H2. The van der Waals surface area contributed by atoms with Gasteiger partial charge in [-0.15, -0.1) is 0 Å². The van der Waals surface area contributed by atoms with Crippen LogP contribution in [0.3, 0.4) is 0 Å². The Bertz CT molecular complexity index is 479. The van der Waals surface area contributed by atoms with Crippen LogP contribution in [0.2, 0.25) is 5.02 Å². The number of ether oxygens (including phenoxy) is 1. The molecule has 0 amide bonds. The van der Waals surface area contributed by atoms with Crippen molar-refractivity contribution in [2.24, 2.45) is 11.7 Å². The Labute approximate surface area is 125 Å². The lowest BCUT2D eigenvalue weighted by Gasteiger charge is -2.13. The van der Waals surface area contributed by atoms with E-state index in [2.05, 4.69) is 22.1 Å². The van der Waals surface area contributed by atoms with Crippen LogP contribution >= 0.6 is 11.6 Å². The van der Waals surface area contributed by atoms with Gasteiger partial charge in [-0.3, -0.25) is 4.98 Å². The van der Waals surface area contributed by atoms with E-state index in [0.717, 1.165) is 19.5 Å². The van der Waals surface area contributed by atoms with Gasteiger partial charge in [0.05, 0.1) is 17.8 Å². The largest absolute Gasteiger partial charge is 0.490 e. The third-order valence-corrected chi connectivity index (χ3v) is 3.14. The molecule has 108 valence electrons. The number of hydrogen-bond acceptors (Lipinski definition) is 4. The monoisotopic (exact) mass is 293 g/mol. The highest BCUT2D eigenvalue weighted by atomic mass is 35.5. The molecule has 2 rings (SSSR count). The Kier molecular flexibility index (Phi) is 6.13. The molecule has 1 aliphatic carbocycles. The number of nitrogens with two attached hydrogens (primary N) is 1. The zero-order chi connectivity index (χ0) is 14.2. The summed E-state index contributed by atoms with van der Waals surface area (Å²) in [7, 11) is 0. The Morgan fingerprint density at radius 3 is 3.10 bits per heavy atom. The molecule has 3 N–H and O–H groups in total. The van der Waals surface area contributed by atoms with Crippen LogP contribution < -0.4 is 15.8 Å². The third kappa shape index (κ3) is 6.25. The van der Waals surface area contributed by atoms with Crippen molar-refractivity contribution >= 4 is 11.6 Å². The Morgan fingerprint density at radius 1 is 1.50 bits per heavy atom. The van der Waals surface area contributed by atoms with Gasteiger partial charge in [-0.1, -0.05) is 23.4 Å². The fourth-order valence-electron chi connectivity index (χ4n) is 1.62. The molecule has 1 aliphatic rings. The number of halogens is 1. The lowest BCUT2D eigenvalue weighted by molar-refractivity contribution is 0.280. The van der Waals surface area contributed by atoms with Crippen LogP contribution in [0.25, 0.3) is 0 Å². The first-order valence-corrected chi connectivity index (χ1v) is 7.30. The van der Waals surface area contributed by atoms with Gasteiger partial charge >= 0.3 is 0 Å². The summed E-state index contributed by atoms with van der Waals surface area (Å²) in [5.74, 6) is 7.65. The van der Waals surface area contributed by atoms with Gasteiger partial charge in [0.1, 0.15) is 12.4 Å². The third-order valence-electron chi connectivity index (χ3n) is 2.93. The summed E-state index contributed by atoms with van der Waals surface area (Å²) >= 11 is 5.82. The SMILES string of the molecule is NC(CCNCC#CC1CC1)COc1cncc(Cl)c1. The minimum absolute atomic E-state index is 0.0159. The predicted molar refractivity (Wildman–Crippen MR) is 80.7 cm³/mol. The van der Waals surface area contributed by atoms with Gasteiger partial charge in [-0.2, -0.15) is 0 Å². The normalized spacial score (nSPS) is 15.3. The Balaban J connectivity index is 1.53. The van der Waals surface area contributed by atoms with Gasteiger partial charge < -0.3 is 15.8 Å². The van der Waals surface area contributed by atoms with E-state index >= 15 is 0 Å². The van der Waals surface area contributed by atoms with E-state index in [-0.39, 0.29) is 6.04 Å². The van der Waals surface area contributed by atoms with Crippen LogP contribution in [-0.2, 0) is 0 Å². The van der Waals surface area contributed by atoms with Crippen LogP contribution in [0, 0.1) is 17.8 Å². The number of aromatic nitrogens is 1. The van der Waals surface area contributed by atoms with E-state index in [1.807, 2.05) is 0 Å². The maximum absolute atomic E-state index is 5.98. The fourth-order valence-corrected chi connectivity index (χ4v) is 1.78. The van der Waals surface area contributed by atoms with Crippen molar-refractivity contribution in [1.29, 1.82) is 0 Å². The van der Waals surface area contributed by atoms with Gasteiger partial charge in [0.2, 0.25) is 0 Å². The molecule has 1 fully saturated rings. The van der Waals surface area contributed by atoms with E-state index in [9.17, 15) is 0 Å². The topological polar surface area (TPSA) is 60.2 Å². The zero-order valence-corrected chi connectivity index (χ0v) is 12.2. The van der Waals surface area contributed by atoms with Crippen LogP contribution in [0.4, 0.5) is 0 Å². The van der Waals surface area contributed by atoms with Crippen molar-refractivity contribution in [2.75, 3.05) is 19.7 Å². The molecule has 0 spiro atoms. The smallest absolute Gasteiger partial charge is 0.139 e. The Morgan fingerprint density at radius 2 is 2.35 bits per heavy atom. The van der Waals surface area contributed by atoms with E-state index in [4.69, 9.17) is 22.1 Å². The van der Waals surface area contributed by atoms with Crippen molar-refractivity contribution in [3.05, 3.63) is 23.5 Å². The predicted octanol–water partition coefficient (Wildman–Crippen LogP) is 1.83. The first-order valence-electron chi connectivity index (χ1n) is 6.92. The van der Waals surface area contributed by atoms with Crippen LogP contribution in [0.1, 0.15) is 19.3 Å². The molecule has 1 heterocycles. The summed E-state index contributed by atoms with van der Waals surface area (Å²) in [5, 5.41) is 3.83. The van der Waals surface area contributed by atoms with Crippen LogP contribution in [-0.4, -0.2) is 30.7 Å². The average molecular weight is 294 g/mol. The van der Waals surface area contributed by atoms with Crippen molar-refractivity contribution in [3.8, 4) is 17.6 Å². The molecule has 1 atom stereocenters. The van der Waals surface area contributed by atoms with Crippen molar-refractivity contribution < 1.29 is 4.74 Å². The minimum Gasteiger partial charge on any atom is -0.490 e. The highest BCUT2D eigenvalue weighted by Crippen LogP contribution is 2.27. The first kappa shape index (κ1) is 15.1. The number of rotatable bonds is 7. The fraction of sp³-hybridized carbons (Fsp3) is 0.533. The van der Waals surface area contributed by atoms with E-state index in [1.54, 1.807) is 18.5 Å². The molecule has 0 radical (unpaired) electrons. The second-order valence-corrected chi connectivity index (χ2v) is 5.41. The maximum Gasteiger partial charge on any atom is 0.139 e. The Hall–Kier alpha value is -1.28. The average Bonchev–Trinajstić information content (AvgIpc) is 3.24. The molecule has 4 nitrogen and oxygen atoms in total. The summed E-state index contributed by atoms with van der Waals surface area (Å²) in [5.41, 5.74) is 5.98. The van der Waals surface area contributed by atoms with Crippen molar-refractivity contribution in [3.63, 3.8) is 0 Å². The molecule has 0 bridgehead atoms. The number of pyridine rings is 1. The lowest BCUT2D eigenvalue weighted by atomic mass is 10.2. The summed E-state index contributed by atoms with van der Waals surface area (Å²) in [6.07, 6.45) is 6.59. The second kappa shape index (κ2) is 8.11. The summed E-state index contributed by atoms with van der Waals surface area (Å²) < 4.78 is 5.54. The highest BCUT2D eigenvalue weighted by Gasteiger charge is 2.17. The van der Waals surface area contributed by atoms with Gasteiger partial charge in [-0.25, -0.2) is 0 Å². The zero-order valence-electron chi connectivity index (χ0n) is 11.4. The number of hydrogen-bond donors (Lipinski definition) is 2. The molecule has 1 saturated carbocycles. The van der Waals surface area contributed by atoms with Crippen molar-refractivity contribution in [1.82, 2.24) is 10.3 Å². The molecule has 1 unspecified atom stereocenters. The van der Waals surface area contributed by atoms with E-state index in [0.29, 0.717) is 23.3 Å². The number of nitrogens with one attached hydrogen (secondary N) is 1. The molecule has 5 heteroatoms. The molecular formula is C15H20ClN3O. The molecule has 1 aromatic heterocycles. The molecule has 0 saturated heterocycles. The summed E-state index contributed by atoms with van der Waals surface area (Å²) in [4.78, 5) is 3.95. The second-order valence-electron chi connectivity index (χ2n) is 4.97. The molecule has 0 aliphatic heterocycles. The van der Waals surface area contributed by atoms with Gasteiger partial charge in [0, 0.05) is 24.2 Å². The van der Waals surface area contributed by atoms with Gasteiger partial charge in [0.25, 0.3) is 0 Å². The van der Waals surface area contributed by atoms with E-state index in [1.165, 1.54) is 12.8 Å². The van der Waals surface area contributed by atoms with Gasteiger partial charge in [-0.05, 0) is 25.8 Å². The maximum atomic E-state index is 5.98. The first-order chi connectivity index (χ1) is 9.74. The van der Waals surface area contributed by atoms with Crippen LogP contribution in [0.5, 0.6) is 5.75 Å². The summed E-state index contributed by atoms with van der Waals surface area (Å²) in [6.45, 7) is 2.04. The highest BCUT2D eigenvalue weighted by molar-refractivity contribution is 6.30. The van der Waals surface area contributed by atoms with Crippen LogP contribution in [0.15, 0.2) is 18.5 Å². The summed E-state index contributed by atoms with van der Waals surface area (Å²) in [6, 6.07) is 1.71. The molecule has 1 aromatic rings. The molecule has 20 heavy (non-hydrogen) atoms. The van der Waals surface area contributed by atoms with E-state index < -0.39 is 0 Å². The van der Waals surface area contributed by atoms with Gasteiger partial charge in [0.15, 0.2) is 0 Å². The minimum atomic E-state index is -0.0159.